The lowest BCUT2D eigenvalue weighted by atomic mass is 10.2. The molecule has 0 spiro atoms. The van der Waals surface area contributed by atoms with Crippen molar-refractivity contribution in [3.05, 3.63) is 25.3 Å². The van der Waals surface area contributed by atoms with Gasteiger partial charge in [0.05, 0.1) is 19.3 Å². The van der Waals surface area contributed by atoms with E-state index in [-0.39, 0.29) is 6.61 Å². The summed E-state index contributed by atoms with van der Waals surface area (Å²) < 4.78 is 36.4. The topological polar surface area (TPSA) is 84.9 Å². The van der Waals surface area contributed by atoms with Crippen molar-refractivity contribution in [1.82, 2.24) is 5.32 Å². The van der Waals surface area contributed by atoms with E-state index < -0.39 is 10.4 Å². The third-order valence-corrected chi connectivity index (χ3v) is 2.20. The van der Waals surface area contributed by atoms with Gasteiger partial charge in [-0.15, -0.1) is 13.2 Å². The summed E-state index contributed by atoms with van der Waals surface area (Å²) in [6.07, 6.45) is 4.45. The predicted molar refractivity (Wildman–Crippen MR) is 65.1 cm³/mol. The molecule has 0 radical (unpaired) electrons. The first-order chi connectivity index (χ1) is 7.99. The second kappa shape index (κ2) is 9.32. The van der Waals surface area contributed by atoms with E-state index in [0.29, 0.717) is 6.10 Å². The van der Waals surface area contributed by atoms with Crippen LogP contribution in [0.25, 0.3) is 0 Å². The molecular weight excluding hydrogens is 246 g/mol. The SMILES string of the molecule is C=CCC1CNCCO1.C=CCOS(=O)(=O)O. The molecule has 0 aromatic heterocycles. The molecule has 0 aliphatic carbocycles. The van der Waals surface area contributed by atoms with Gasteiger partial charge in [-0.2, -0.15) is 8.42 Å². The second-order valence-corrected chi connectivity index (χ2v) is 4.31. The van der Waals surface area contributed by atoms with Crippen molar-refractivity contribution in [3.8, 4) is 0 Å². The fourth-order valence-electron chi connectivity index (χ4n) is 1.09. The van der Waals surface area contributed by atoms with Gasteiger partial charge >= 0.3 is 10.4 Å². The van der Waals surface area contributed by atoms with E-state index in [4.69, 9.17) is 9.29 Å². The highest BCUT2D eigenvalue weighted by atomic mass is 32.3. The lowest BCUT2D eigenvalue weighted by molar-refractivity contribution is 0.0309. The summed E-state index contributed by atoms with van der Waals surface area (Å²) in [5.74, 6) is 0. The fraction of sp³-hybridized carbons (Fsp3) is 0.600. The maximum absolute atomic E-state index is 9.68. The molecule has 1 aliphatic heterocycles. The smallest absolute Gasteiger partial charge is 0.375 e. The first kappa shape index (κ1) is 16.3. The van der Waals surface area contributed by atoms with Crippen molar-refractivity contribution < 1.29 is 21.9 Å². The Balaban J connectivity index is 0.000000304. The third kappa shape index (κ3) is 11.5. The summed E-state index contributed by atoms with van der Waals surface area (Å²) in [6, 6.07) is 0. The highest BCUT2D eigenvalue weighted by Crippen LogP contribution is 2.00. The maximum atomic E-state index is 9.68. The van der Waals surface area contributed by atoms with Crippen LogP contribution >= 0.6 is 0 Å². The van der Waals surface area contributed by atoms with Gasteiger partial charge in [0.15, 0.2) is 0 Å². The first-order valence-corrected chi connectivity index (χ1v) is 6.52. The second-order valence-electron chi connectivity index (χ2n) is 3.22. The van der Waals surface area contributed by atoms with Crippen molar-refractivity contribution in [2.24, 2.45) is 0 Å². The summed E-state index contributed by atoms with van der Waals surface area (Å²) in [6.45, 7) is 9.43. The van der Waals surface area contributed by atoms with Crippen molar-refractivity contribution >= 4 is 10.4 Å². The predicted octanol–water partition coefficient (Wildman–Crippen LogP) is 0.543. The number of hydrogen-bond acceptors (Lipinski definition) is 5. The Bertz CT molecular complexity index is 309. The molecule has 0 saturated carbocycles. The van der Waals surface area contributed by atoms with Crippen LogP contribution in [0.4, 0.5) is 0 Å². The Morgan fingerprint density at radius 1 is 1.47 bits per heavy atom. The highest BCUT2D eigenvalue weighted by molar-refractivity contribution is 7.80. The van der Waals surface area contributed by atoms with Crippen molar-refractivity contribution in [3.63, 3.8) is 0 Å². The maximum Gasteiger partial charge on any atom is 0.397 e. The van der Waals surface area contributed by atoms with Crippen molar-refractivity contribution in [2.75, 3.05) is 26.3 Å². The van der Waals surface area contributed by atoms with Crippen LogP contribution < -0.4 is 5.32 Å². The van der Waals surface area contributed by atoms with E-state index in [2.05, 4.69) is 22.7 Å². The van der Waals surface area contributed by atoms with Crippen LogP contribution in [0.2, 0.25) is 0 Å². The molecule has 0 aromatic rings. The Morgan fingerprint density at radius 3 is 2.53 bits per heavy atom. The van der Waals surface area contributed by atoms with E-state index in [1.54, 1.807) is 0 Å². The van der Waals surface area contributed by atoms with Gasteiger partial charge in [-0.05, 0) is 6.42 Å². The van der Waals surface area contributed by atoms with Crippen LogP contribution in [0.3, 0.4) is 0 Å². The molecule has 2 N–H and O–H groups in total. The molecule has 6 nitrogen and oxygen atoms in total. The molecule has 1 fully saturated rings. The minimum atomic E-state index is -4.26. The summed E-state index contributed by atoms with van der Waals surface area (Å²) in [5.41, 5.74) is 0. The molecule has 1 atom stereocenters. The Hall–Kier alpha value is -0.730. The molecule has 17 heavy (non-hydrogen) atoms. The molecule has 1 saturated heterocycles. The number of ether oxygens (including phenoxy) is 1. The average Bonchev–Trinajstić information content (AvgIpc) is 2.28. The zero-order chi connectivity index (χ0) is 13.1. The summed E-state index contributed by atoms with van der Waals surface area (Å²) >= 11 is 0. The molecule has 0 amide bonds. The van der Waals surface area contributed by atoms with Gasteiger partial charge in [0.2, 0.25) is 0 Å². The van der Waals surface area contributed by atoms with E-state index in [1.165, 1.54) is 6.08 Å². The Labute approximate surface area is 102 Å². The van der Waals surface area contributed by atoms with Crippen LogP contribution in [0, 0.1) is 0 Å². The Morgan fingerprint density at radius 2 is 2.18 bits per heavy atom. The van der Waals surface area contributed by atoms with Crippen LogP contribution in [0.5, 0.6) is 0 Å². The van der Waals surface area contributed by atoms with Gasteiger partial charge in [-0.3, -0.25) is 4.55 Å². The minimum Gasteiger partial charge on any atom is -0.375 e. The van der Waals surface area contributed by atoms with E-state index in [9.17, 15) is 8.42 Å². The van der Waals surface area contributed by atoms with E-state index >= 15 is 0 Å². The molecule has 1 heterocycles. The monoisotopic (exact) mass is 265 g/mol. The van der Waals surface area contributed by atoms with Crippen LogP contribution in [-0.2, 0) is 19.3 Å². The van der Waals surface area contributed by atoms with Gasteiger partial charge in [0.25, 0.3) is 0 Å². The van der Waals surface area contributed by atoms with Gasteiger partial charge < -0.3 is 10.1 Å². The zero-order valence-electron chi connectivity index (χ0n) is 9.67. The lowest BCUT2D eigenvalue weighted by Gasteiger charge is -2.21. The van der Waals surface area contributed by atoms with Gasteiger partial charge in [-0.25, -0.2) is 4.18 Å². The quantitative estimate of drug-likeness (QED) is 0.557. The molecule has 1 unspecified atom stereocenters. The van der Waals surface area contributed by atoms with E-state index in [0.717, 1.165) is 26.1 Å². The first-order valence-electron chi connectivity index (χ1n) is 5.15. The molecule has 7 heteroatoms. The largest absolute Gasteiger partial charge is 0.397 e. The Kier molecular flexibility index (Phi) is 8.92. The normalized spacial score (nSPS) is 19.9. The van der Waals surface area contributed by atoms with Crippen molar-refractivity contribution in [1.29, 1.82) is 0 Å². The third-order valence-electron chi connectivity index (χ3n) is 1.77. The molecule has 0 bridgehead atoms. The molecule has 100 valence electrons. The fourth-order valence-corrected chi connectivity index (χ4v) is 1.36. The summed E-state index contributed by atoms with van der Waals surface area (Å²) in [7, 11) is -4.26. The summed E-state index contributed by atoms with van der Waals surface area (Å²) in [4.78, 5) is 0. The van der Waals surface area contributed by atoms with Gasteiger partial charge in [0, 0.05) is 13.1 Å². The van der Waals surface area contributed by atoms with Gasteiger partial charge in [0.1, 0.15) is 0 Å². The van der Waals surface area contributed by atoms with Crippen LogP contribution in [0.1, 0.15) is 6.42 Å². The highest BCUT2D eigenvalue weighted by Gasteiger charge is 2.09. The molecule has 1 rings (SSSR count). The number of nitrogens with one attached hydrogen (secondary N) is 1. The zero-order valence-corrected chi connectivity index (χ0v) is 10.5. The number of hydrogen-bond donors (Lipinski definition) is 2. The standard InChI is InChI=1S/C7H13NO.C3H6O4S/c1-2-3-7-6-8-4-5-9-7;1-2-3-7-8(4,5)6/h2,7-8H,1,3-6H2;2H,1,3H2,(H,4,5,6). The van der Waals surface area contributed by atoms with Gasteiger partial charge in [-0.1, -0.05) is 12.2 Å². The van der Waals surface area contributed by atoms with Crippen molar-refractivity contribution in [2.45, 2.75) is 12.5 Å². The van der Waals surface area contributed by atoms with Crippen LogP contribution in [0.15, 0.2) is 25.3 Å². The average molecular weight is 265 g/mol. The number of morpholine rings is 1. The lowest BCUT2D eigenvalue weighted by Crippen LogP contribution is -2.38. The molecule has 1 aliphatic rings. The molecular formula is C10H19NO5S. The van der Waals surface area contributed by atoms with Crippen LogP contribution in [-0.4, -0.2) is 45.4 Å². The summed E-state index contributed by atoms with van der Waals surface area (Å²) in [5, 5.41) is 3.25. The number of rotatable bonds is 5. The van der Waals surface area contributed by atoms with E-state index in [1.807, 2.05) is 6.08 Å². The minimum absolute atomic E-state index is 0.196. The molecule has 0 aromatic carbocycles.